The number of aliphatic hydroxyl groups excluding tert-OH is 1. The van der Waals surface area contributed by atoms with Crippen LogP contribution in [0.5, 0.6) is 11.5 Å². The SMILES string of the molecule is CS(=O)(=O)c1cc(COc2cc(O[C@H]3CCc4c(-c5ccccc5F)cccc43)c(Cl)cc2CNC(CO)C(=O)O)cc(S(C)(=O)=O)c1. The topological polar surface area (TPSA) is 156 Å². The van der Waals surface area contributed by atoms with Gasteiger partial charge in [0.25, 0.3) is 0 Å². The Balaban J connectivity index is 1.48. The molecule has 4 aromatic carbocycles. The first-order chi connectivity index (χ1) is 22.7. The predicted octanol–water partition coefficient (Wildman–Crippen LogP) is 5.13. The summed E-state index contributed by atoms with van der Waals surface area (Å²) in [7, 11) is -7.54. The van der Waals surface area contributed by atoms with Crippen LogP contribution < -0.4 is 14.8 Å². The van der Waals surface area contributed by atoms with Gasteiger partial charge in [-0.25, -0.2) is 21.2 Å². The zero-order valence-electron chi connectivity index (χ0n) is 25.9. The number of benzene rings is 4. The lowest BCUT2D eigenvalue weighted by atomic mass is 9.96. The van der Waals surface area contributed by atoms with E-state index >= 15 is 0 Å². The summed E-state index contributed by atoms with van der Waals surface area (Å²) in [5.41, 5.74) is 3.73. The maximum atomic E-state index is 14.7. The van der Waals surface area contributed by atoms with Gasteiger partial charge in [0.2, 0.25) is 0 Å². The van der Waals surface area contributed by atoms with Gasteiger partial charge in [-0.15, -0.1) is 0 Å². The minimum Gasteiger partial charge on any atom is -0.488 e. The number of nitrogens with one attached hydrogen (secondary N) is 1. The molecule has 0 bridgehead atoms. The number of carbonyl (C=O) groups is 1. The zero-order valence-corrected chi connectivity index (χ0v) is 28.3. The monoisotopic (exact) mass is 717 g/mol. The molecule has 0 aromatic heterocycles. The van der Waals surface area contributed by atoms with Crippen LogP contribution in [0.4, 0.5) is 4.39 Å². The lowest BCUT2D eigenvalue weighted by Gasteiger charge is -2.20. The van der Waals surface area contributed by atoms with Gasteiger partial charge in [0.15, 0.2) is 19.7 Å². The van der Waals surface area contributed by atoms with Gasteiger partial charge in [-0.3, -0.25) is 10.1 Å². The number of ether oxygens (including phenoxy) is 2. The van der Waals surface area contributed by atoms with E-state index in [-0.39, 0.29) is 50.8 Å². The van der Waals surface area contributed by atoms with Crippen molar-refractivity contribution in [3.8, 4) is 22.6 Å². The fraction of sp³-hybridized carbons (Fsp3) is 0.265. The fourth-order valence-electron chi connectivity index (χ4n) is 5.53. The first-order valence-electron chi connectivity index (χ1n) is 14.8. The quantitative estimate of drug-likeness (QED) is 0.169. The van der Waals surface area contributed by atoms with E-state index in [2.05, 4.69) is 5.32 Å². The lowest BCUT2D eigenvalue weighted by Crippen LogP contribution is -2.39. The van der Waals surface area contributed by atoms with E-state index < -0.39 is 44.4 Å². The number of hydrogen-bond donors (Lipinski definition) is 3. The Morgan fingerprint density at radius 2 is 1.62 bits per heavy atom. The summed E-state index contributed by atoms with van der Waals surface area (Å²) in [5.74, 6) is -1.18. The van der Waals surface area contributed by atoms with E-state index in [1.165, 1.54) is 30.3 Å². The van der Waals surface area contributed by atoms with Crippen molar-refractivity contribution in [1.29, 1.82) is 0 Å². The summed E-state index contributed by atoms with van der Waals surface area (Å²) in [4.78, 5) is 11.1. The minimum atomic E-state index is -3.77. The Morgan fingerprint density at radius 1 is 0.958 bits per heavy atom. The van der Waals surface area contributed by atoms with E-state index in [1.807, 2.05) is 18.2 Å². The minimum absolute atomic E-state index is 0.0942. The summed E-state index contributed by atoms with van der Waals surface area (Å²) in [6.45, 7) is -1.04. The molecule has 0 saturated heterocycles. The van der Waals surface area contributed by atoms with Gasteiger partial charge >= 0.3 is 5.97 Å². The number of halogens is 2. The van der Waals surface area contributed by atoms with Gasteiger partial charge < -0.3 is 19.7 Å². The third kappa shape index (κ3) is 7.99. The maximum absolute atomic E-state index is 14.7. The average molecular weight is 718 g/mol. The number of rotatable bonds is 13. The van der Waals surface area contributed by atoms with Crippen LogP contribution in [0.25, 0.3) is 11.1 Å². The van der Waals surface area contributed by atoms with Gasteiger partial charge in [0.1, 0.15) is 36.1 Å². The molecule has 2 atom stereocenters. The van der Waals surface area contributed by atoms with E-state index in [4.69, 9.17) is 21.1 Å². The molecule has 1 aliphatic carbocycles. The first kappa shape index (κ1) is 35.3. The number of hydrogen-bond acceptors (Lipinski definition) is 9. The molecule has 0 fully saturated rings. The molecule has 5 rings (SSSR count). The highest BCUT2D eigenvalue weighted by Gasteiger charge is 2.28. The Hall–Kier alpha value is -4.01. The molecule has 254 valence electrons. The highest BCUT2D eigenvalue weighted by atomic mass is 35.5. The number of carboxylic acids is 1. The highest BCUT2D eigenvalue weighted by molar-refractivity contribution is 7.91. The van der Waals surface area contributed by atoms with Crippen molar-refractivity contribution in [3.63, 3.8) is 0 Å². The molecule has 3 N–H and O–H groups in total. The molecule has 14 heteroatoms. The Bertz CT molecular complexity index is 2040. The van der Waals surface area contributed by atoms with Crippen LogP contribution in [-0.4, -0.2) is 58.2 Å². The van der Waals surface area contributed by atoms with Gasteiger partial charge in [0.05, 0.1) is 21.4 Å². The van der Waals surface area contributed by atoms with E-state index in [0.29, 0.717) is 24.0 Å². The molecule has 0 aliphatic heterocycles. The molecule has 1 aliphatic rings. The second-order valence-corrected chi connectivity index (χ2v) is 15.9. The predicted molar refractivity (Wildman–Crippen MR) is 177 cm³/mol. The fourth-order valence-corrected chi connectivity index (χ4v) is 7.25. The Labute approximate surface area is 282 Å². The molecule has 0 saturated carbocycles. The van der Waals surface area contributed by atoms with Crippen LogP contribution in [0.2, 0.25) is 5.02 Å². The van der Waals surface area contributed by atoms with Crippen LogP contribution in [0.15, 0.2) is 82.6 Å². The number of carboxylic acid groups (broad SMARTS) is 1. The molecule has 0 heterocycles. The van der Waals surface area contributed by atoms with Crippen molar-refractivity contribution in [2.75, 3.05) is 19.1 Å². The average Bonchev–Trinajstić information content (AvgIpc) is 3.44. The molecule has 48 heavy (non-hydrogen) atoms. The Morgan fingerprint density at radius 3 is 2.25 bits per heavy atom. The van der Waals surface area contributed by atoms with Crippen molar-refractivity contribution in [2.24, 2.45) is 0 Å². The second-order valence-electron chi connectivity index (χ2n) is 11.5. The van der Waals surface area contributed by atoms with Crippen LogP contribution in [-0.2, 0) is 44.0 Å². The summed E-state index contributed by atoms with van der Waals surface area (Å²) < 4.78 is 76.4. The van der Waals surface area contributed by atoms with Crippen LogP contribution in [0.3, 0.4) is 0 Å². The standard InChI is InChI=1S/C34H33ClFNO9S2/c1-47(41,42)22-12-20(13-23(15-22)48(2,43)44)19-45-32-16-33(28(35)14-21(32)17-37-30(18-38)34(39)40)46-31-11-10-25-24(7-5-8-27(25)31)26-6-3-4-9-29(26)36/h3-9,12-16,30-31,37-38H,10-11,17-19H2,1-2H3,(H,39,40)/t30?,31-/m0/s1. The highest BCUT2D eigenvalue weighted by Crippen LogP contribution is 2.43. The summed E-state index contributed by atoms with van der Waals surface area (Å²) in [6.07, 6.45) is 2.71. The largest absolute Gasteiger partial charge is 0.488 e. The number of aliphatic hydroxyl groups is 1. The summed E-state index contributed by atoms with van der Waals surface area (Å²) in [6, 6.07) is 17.6. The van der Waals surface area contributed by atoms with Crippen molar-refractivity contribution >= 4 is 37.2 Å². The van der Waals surface area contributed by atoms with Crippen LogP contribution in [0.1, 0.15) is 34.8 Å². The molecule has 0 spiro atoms. The Kier molecular flexibility index (Phi) is 10.5. The number of sulfone groups is 2. The van der Waals surface area contributed by atoms with Crippen LogP contribution >= 0.6 is 11.6 Å². The van der Waals surface area contributed by atoms with Crippen LogP contribution in [0, 0.1) is 5.82 Å². The second kappa shape index (κ2) is 14.2. The molecular weight excluding hydrogens is 685 g/mol. The maximum Gasteiger partial charge on any atom is 0.323 e. The first-order valence-corrected chi connectivity index (χ1v) is 18.9. The third-order valence-corrected chi connectivity index (χ3v) is 10.5. The lowest BCUT2D eigenvalue weighted by molar-refractivity contribution is -0.140. The van der Waals surface area contributed by atoms with Crippen molar-refractivity contribution in [3.05, 3.63) is 106 Å². The molecular formula is C34H33ClFNO9S2. The van der Waals surface area contributed by atoms with Gasteiger partial charge in [0, 0.05) is 36.2 Å². The van der Waals surface area contributed by atoms with Gasteiger partial charge in [-0.1, -0.05) is 48.0 Å². The van der Waals surface area contributed by atoms with E-state index in [0.717, 1.165) is 35.3 Å². The normalized spacial score (nSPS) is 15.1. The molecule has 1 unspecified atom stereocenters. The van der Waals surface area contributed by atoms with Gasteiger partial charge in [-0.2, -0.15) is 0 Å². The zero-order chi connectivity index (χ0) is 34.8. The van der Waals surface area contributed by atoms with E-state index in [1.54, 1.807) is 18.2 Å². The van der Waals surface area contributed by atoms with Gasteiger partial charge in [-0.05, 0) is 65.4 Å². The number of aliphatic carboxylic acids is 1. The van der Waals surface area contributed by atoms with Crippen molar-refractivity contribution in [2.45, 2.75) is 47.9 Å². The van der Waals surface area contributed by atoms with Crippen molar-refractivity contribution < 1.29 is 45.7 Å². The third-order valence-electron chi connectivity index (χ3n) is 7.97. The van der Waals surface area contributed by atoms with E-state index in [9.17, 15) is 36.2 Å². The molecule has 0 radical (unpaired) electrons. The number of fused-ring (bicyclic) bond motifs is 1. The van der Waals surface area contributed by atoms with Crippen molar-refractivity contribution in [1.82, 2.24) is 5.32 Å². The smallest absolute Gasteiger partial charge is 0.323 e. The summed E-state index contributed by atoms with van der Waals surface area (Å²) >= 11 is 6.67. The molecule has 4 aromatic rings. The summed E-state index contributed by atoms with van der Waals surface area (Å²) in [5, 5.41) is 21.8. The molecule has 0 amide bonds. The molecule has 10 nitrogen and oxygen atoms in total.